The minimum atomic E-state index is -0.497. The summed E-state index contributed by atoms with van der Waals surface area (Å²) in [5.41, 5.74) is 0.380. The number of aromatic nitrogens is 3. The molecule has 7 nitrogen and oxygen atoms in total. The van der Waals surface area contributed by atoms with Crippen LogP contribution in [0.4, 0.5) is 17.5 Å². The monoisotopic (exact) mass is 490 g/mol. The normalized spacial score (nSPS) is 21.1. The second kappa shape index (κ2) is 10.0. The summed E-state index contributed by atoms with van der Waals surface area (Å²) in [5, 5.41) is 7.24. The average Bonchev–Trinajstić information content (AvgIpc) is 3.55. The van der Waals surface area contributed by atoms with Gasteiger partial charge in [0.25, 0.3) is 0 Å². The first kappa shape index (κ1) is 24.0. The van der Waals surface area contributed by atoms with Crippen LogP contribution in [0.3, 0.4) is 0 Å². The highest BCUT2D eigenvalue weighted by Crippen LogP contribution is 2.49. The molecule has 1 amide bonds. The number of pyridine rings is 1. The molecule has 2 aliphatic rings. The van der Waals surface area contributed by atoms with Crippen molar-refractivity contribution in [2.45, 2.75) is 46.5 Å². The molecule has 4 rings (SSSR count). The molecule has 2 aromatic heterocycles. The number of halogens is 2. The molecule has 0 unspecified atom stereocenters. The van der Waals surface area contributed by atoms with Crippen molar-refractivity contribution in [3.63, 3.8) is 0 Å². The Morgan fingerprint density at radius 1 is 1.12 bits per heavy atom. The van der Waals surface area contributed by atoms with E-state index in [1.54, 1.807) is 18.6 Å². The van der Waals surface area contributed by atoms with E-state index in [4.69, 9.17) is 23.2 Å². The van der Waals surface area contributed by atoms with Gasteiger partial charge < -0.3 is 15.5 Å². The van der Waals surface area contributed by atoms with Crippen LogP contribution in [0.25, 0.3) is 0 Å². The van der Waals surface area contributed by atoms with Crippen LogP contribution in [0.1, 0.15) is 46.5 Å². The van der Waals surface area contributed by atoms with Gasteiger partial charge in [0.05, 0.1) is 34.3 Å². The largest absolute Gasteiger partial charge is 0.384 e. The Bertz CT molecular complexity index is 970. The van der Waals surface area contributed by atoms with Crippen LogP contribution < -0.4 is 15.5 Å². The van der Waals surface area contributed by atoms with Gasteiger partial charge in [-0.3, -0.25) is 4.79 Å². The van der Waals surface area contributed by atoms with Crippen molar-refractivity contribution in [2.75, 3.05) is 35.2 Å². The van der Waals surface area contributed by atoms with Crippen LogP contribution in [0, 0.1) is 23.2 Å². The van der Waals surface area contributed by atoms with E-state index in [2.05, 4.69) is 30.5 Å². The highest BCUT2D eigenvalue weighted by Gasteiger charge is 2.43. The fourth-order valence-electron chi connectivity index (χ4n) is 4.50. The minimum Gasteiger partial charge on any atom is -0.384 e. The number of amides is 1. The van der Waals surface area contributed by atoms with E-state index in [0.717, 1.165) is 55.4 Å². The van der Waals surface area contributed by atoms with E-state index in [1.807, 2.05) is 26.8 Å². The smallest absolute Gasteiger partial charge is 0.230 e. The molecule has 178 valence electrons. The van der Waals surface area contributed by atoms with Crippen LogP contribution >= 0.6 is 23.2 Å². The first-order chi connectivity index (χ1) is 15.7. The summed E-state index contributed by atoms with van der Waals surface area (Å²) in [5.74, 6) is 3.49. The number of rotatable bonds is 7. The summed E-state index contributed by atoms with van der Waals surface area (Å²) in [4.78, 5) is 27.4. The van der Waals surface area contributed by atoms with Crippen molar-refractivity contribution in [2.24, 2.45) is 23.2 Å². The van der Waals surface area contributed by atoms with Crippen molar-refractivity contribution in [1.29, 1.82) is 0 Å². The molecule has 2 aromatic rings. The summed E-state index contributed by atoms with van der Waals surface area (Å²) in [6.07, 6.45) is 9.91. The van der Waals surface area contributed by atoms with Crippen LogP contribution in [0.2, 0.25) is 10.0 Å². The molecular formula is C24H32Cl2N6O. The van der Waals surface area contributed by atoms with Crippen LogP contribution in [-0.4, -0.2) is 40.5 Å². The van der Waals surface area contributed by atoms with E-state index in [0.29, 0.717) is 15.9 Å². The molecule has 1 saturated carbocycles. The molecule has 1 aliphatic heterocycles. The maximum absolute atomic E-state index is 12.1. The average molecular weight is 491 g/mol. The summed E-state index contributed by atoms with van der Waals surface area (Å²) < 4.78 is 0. The van der Waals surface area contributed by atoms with Gasteiger partial charge in [-0.2, -0.15) is 0 Å². The third-order valence-electron chi connectivity index (χ3n) is 6.61. The van der Waals surface area contributed by atoms with Crippen LogP contribution in [0.15, 0.2) is 24.7 Å². The SMILES string of the molecule is CC(C)(C)C(=O)Nc1ncc(NCC[C@@H]2C[C@@H]2C2CCN(c3ncc(Cl)cn3)CC2)cc1Cl. The highest BCUT2D eigenvalue weighted by molar-refractivity contribution is 6.33. The maximum Gasteiger partial charge on any atom is 0.230 e. The minimum absolute atomic E-state index is 0.107. The maximum atomic E-state index is 12.1. The topological polar surface area (TPSA) is 83.0 Å². The molecule has 0 bridgehead atoms. The standard InChI is InChI=1S/C24H32Cl2N6O/c1-24(2,3)22(33)31-21-20(26)11-18(14-28-21)27-7-4-16-10-19(16)15-5-8-32(9-6-15)23-29-12-17(25)13-30-23/h11-16,19,27H,4-10H2,1-3H3,(H,28,31,33)/t16-,19-/m1/s1. The zero-order chi connectivity index (χ0) is 23.6. The molecule has 0 radical (unpaired) electrons. The van der Waals surface area contributed by atoms with E-state index in [9.17, 15) is 4.79 Å². The summed E-state index contributed by atoms with van der Waals surface area (Å²) in [6, 6.07) is 1.83. The molecule has 2 atom stereocenters. The molecule has 1 aliphatic carbocycles. The zero-order valence-corrected chi connectivity index (χ0v) is 21.0. The van der Waals surface area contributed by atoms with Gasteiger partial charge in [0.2, 0.25) is 11.9 Å². The Labute approximate surface area is 205 Å². The first-order valence-electron chi connectivity index (χ1n) is 11.6. The molecule has 33 heavy (non-hydrogen) atoms. The van der Waals surface area contributed by atoms with Crippen molar-refractivity contribution < 1.29 is 4.79 Å². The van der Waals surface area contributed by atoms with Gasteiger partial charge >= 0.3 is 0 Å². The lowest BCUT2D eigenvalue weighted by molar-refractivity contribution is -0.123. The van der Waals surface area contributed by atoms with Crippen LogP contribution in [-0.2, 0) is 4.79 Å². The third kappa shape index (κ3) is 6.27. The number of carbonyl (C=O) groups excluding carboxylic acids is 1. The van der Waals surface area contributed by atoms with E-state index < -0.39 is 5.41 Å². The molecular weight excluding hydrogens is 459 g/mol. The fourth-order valence-corrected chi connectivity index (χ4v) is 4.81. The zero-order valence-electron chi connectivity index (χ0n) is 19.4. The molecule has 1 saturated heterocycles. The first-order valence-corrected chi connectivity index (χ1v) is 12.4. The number of piperidine rings is 1. The molecule has 9 heteroatoms. The van der Waals surface area contributed by atoms with Crippen molar-refractivity contribution in [1.82, 2.24) is 15.0 Å². The predicted octanol–water partition coefficient (Wildman–Crippen LogP) is 5.52. The number of hydrogen-bond acceptors (Lipinski definition) is 6. The number of nitrogens with zero attached hydrogens (tertiary/aromatic N) is 4. The quantitative estimate of drug-likeness (QED) is 0.531. The number of nitrogens with one attached hydrogen (secondary N) is 2. The summed E-state index contributed by atoms with van der Waals surface area (Å²) in [6.45, 7) is 8.48. The van der Waals surface area contributed by atoms with Crippen molar-refractivity contribution in [3.05, 3.63) is 34.7 Å². The second-order valence-electron chi connectivity index (χ2n) is 10.2. The third-order valence-corrected chi connectivity index (χ3v) is 7.09. The Hall–Kier alpha value is -2.12. The van der Waals surface area contributed by atoms with E-state index >= 15 is 0 Å². The van der Waals surface area contributed by atoms with E-state index in [-0.39, 0.29) is 5.91 Å². The predicted molar refractivity (Wildman–Crippen MR) is 134 cm³/mol. The lowest BCUT2D eigenvalue weighted by atomic mass is 9.90. The van der Waals surface area contributed by atoms with Gasteiger partial charge in [-0.15, -0.1) is 0 Å². The Morgan fingerprint density at radius 2 is 1.82 bits per heavy atom. The molecule has 3 heterocycles. The lowest BCUT2D eigenvalue weighted by Gasteiger charge is -2.32. The molecule has 0 spiro atoms. The van der Waals surface area contributed by atoms with Crippen LogP contribution in [0.5, 0.6) is 0 Å². The number of anilines is 3. The highest BCUT2D eigenvalue weighted by atomic mass is 35.5. The second-order valence-corrected chi connectivity index (χ2v) is 11.0. The van der Waals surface area contributed by atoms with Gasteiger partial charge in [-0.1, -0.05) is 44.0 Å². The Kier molecular flexibility index (Phi) is 7.29. The molecule has 2 N–H and O–H groups in total. The Balaban J connectivity index is 1.18. The fraction of sp³-hybridized carbons (Fsp3) is 0.583. The molecule has 2 fully saturated rings. The van der Waals surface area contributed by atoms with Gasteiger partial charge in [-0.05, 0) is 49.5 Å². The van der Waals surface area contributed by atoms with Crippen molar-refractivity contribution >= 4 is 46.6 Å². The van der Waals surface area contributed by atoms with E-state index in [1.165, 1.54) is 19.3 Å². The van der Waals surface area contributed by atoms with Gasteiger partial charge in [0, 0.05) is 25.0 Å². The number of carbonyl (C=O) groups is 1. The summed E-state index contributed by atoms with van der Waals surface area (Å²) >= 11 is 12.2. The lowest BCUT2D eigenvalue weighted by Crippen LogP contribution is -2.35. The van der Waals surface area contributed by atoms with Gasteiger partial charge in [0.15, 0.2) is 5.82 Å². The van der Waals surface area contributed by atoms with Gasteiger partial charge in [-0.25, -0.2) is 15.0 Å². The number of hydrogen-bond donors (Lipinski definition) is 2. The molecule has 0 aromatic carbocycles. The van der Waals surface area contributed by atoms with Gasteiger partial charge in [0.1, 0.15) is 0 Å². The summed E-state index contributed by atoms with van der Waals surface area (Å²) in [7, 11) is 0. The van der Waals surface area contributed by atoms with Crippen molar-refractivity contribution in [3.8, 4) is 0 Å². The Morgan fingerprint density at radius 3 is 2.45 bits per heavy atom.